The number of likely N-dealkylation sites (tertiary alicyclic amines) is 1. The summed E-state index contributed by atoms with van der Waals surface area (Å²) in [4.78, 5) is 24.6. The second-order valence-corrected chi connectivity index (χ2v) is 4.33. The molecule has 3 heteroatoms. The molecule has 2 rings (SSSR count). The van der Waals surface area contributed by atoms with Crippen LogP contribution >= 0.6 is 0 Å². The number of rotatable bonds is 3. The van der Waals surface area contributed by atoms with Gasteiger partial charge in [0, 0.05) is 31.8 Å². The molecule has 0 radical (unpaired) electrons. The summed E-state index contributed by atoms with van der Waals surface area (Å²) in [7, 11) is 0. The van der Waals surface area contributed by atoms with E-state index in [0.717, 1.165) is 45.2 Å². The average Bonchev–Trinajstić information content (AvgIpc) is 2.72. The van der Waals surface area contributed by atoms with Gasteiger partial charge in [-0.3, -0.25) is 9.59 Å². The summed E-state index contributed by atoms with van der Waals surface area (Å²) in [6.07, 6.45) is 5.46. The highest BCUT2D eigenvalue weighted by atomic mass is 16.2. The fraction of sp³-hybridized carbons (Fsp3) is 0.818. The summed E-state index contributed by atoms with van der Waals surface area (Å²) in [6, 6.07) is 0. The van der Waals surface area contributed by atoms with Gasteiger partial charge in [-0.05, 0) is 25.7 Å². The summed E-state index contributed by atoms with van der Waals surface area (Å²) in [5.74, 6) is 0.940. The van der Waals surface area contributed by atoms with Crippen molar-refractivity contribution >= 4 is 11.7 Å². The molecule has 1 atom stereocenters. The minimum absolute atomic E-state index is 0.253. The molecule has 0 aromatic heterocycles. The van der Waals surface area contributed by atoms with Gasteiger partial charge < -0.3 is 4.90 Å². The van der Waals surface area contributed by atoms with Crippen molar-refractivity contribution in [1.29, 1.82) is 0 Å². The second kappa shape index (κ2) is 4.11. The number of amides is 1. The molecule has 1 aliphatic carbocycles. The van der Waals surface area contributed by atoms with Crippen molar-refractivity contribution in [3.63, 3.8) is 0 Å². The Labute approximate surface area is 84.5 Å². The molecular weight excluding hydrogens is 178 g/mol. The maximum absolute atomic E-state index is 11.4. The zero-order valence-corrected chi connectivity index (χ0v) is 8.50. The van der Waals surface area contributed by atoms with Gasteiger partial charge in [-0.1, -0.05) is 0 Å². The van der Waals surface area contributed by atoms with Crippen LogP contribution in [0.5, 0.6) is 0 Å². The summed E-state index contributed by atoms with van der Waals surface area (Å²) in [5.41, 5.74) is 0. The third-order valence-corrected chi connectivity index (χ3v) is 3.35. The maximum Gasteiger partial charge on any atom is 0.222 e. The zero-order chi connectivity index (χ0) is 9.97. The van der Waals surface area contributed by atoms with E-state index < -0.39 is 0 Å². The Morgan fingerprint density at radius 1 is 1.21 bits per heavy atom. The van der Waals surface area contributed by atoms with Crippen LogP contribution in [0.15, 0.2) is 0 Å². The van der Waals surface area contributed by atoms with E-state index in [1.54, 1.807) is 0 Å². The number of ketones is 1. The lowest BCUT2D eigenvalue weighted by molar-refractivity contribution is -0.128. The molecule has 14 heavy (non-hydrogen) atoms. The van der Waals surface area contributed by atoms with Crippen LogP contribution in [0.3, 0.4) is 0 Å². The molecule has 2 fully saturated rings. The van der Waals surface area contributed by atoms with Crippen molar-refractivity contribution in [3.05, 3.63) is 0 Å². The molecule has 0 aromatic carbocycles. The minimum atomic E-state index is 0.253. The number of nitrogens with zero attached hydrogens (tertiary/aromatic N) is 1. The Morgan fingerprint density at radius 3 is 2.64 bits per heavy atom. The summed E-state index contributed by atoms with van der Waals surface area (Å²) < 4.78 is 0. The lowest BCUT2D eigenvalue weighted by Gasteiger charge is -2.17. The molecule has 0 bridgehead atoms. The first kappa shape index (κ1) is 9.69. The number of hydrogen-bond donors (Lipinski definition) is 0. The molecule has 1 saturated carbocycles. The normalized spacial score (nSPS) is 27.7. The zero-order valence-electron chi connectivity index (χ0n) is 8.50. The SMILES string of the molecule is O=C1CCCC1CCN1CCCC1=O. The first-order chi connectivity index (χ1) is 6.77. The molecule has 0 N–H and O–H groups in total. The Balaban J connectivity index is 1.76. The quantitative estimate of drug-likeness (QED) is 0.682. The van der Waals surface area contributed by atoms with Crippen LogP contribution in [0.4, 0.5) is 0 Å². The van der Waals surface area contributed by atoms with Gasteiger partial charge in [-0.25, -0.2) is 0 Å². The summed E-state index contributed by atoms with van der Waals surface area (Å²) in [6.45, 7) is 1.70. The number of carbonyl (C=O) groups excluding carboxylic acids is 2. The predicted molar refractivity (Wildman–Crippen MR) is 52.8 cm³/mol. The standard InChI is InChI=1S/C11H17NO2/c13-10-4-1-3-9(10)6-8-12-7-2-5-11(12)14/h9H,1-8H2. The van der Waals surface area contributed by atoms with Gasteiger partial charge in [0.25, 0.3) is 0 Å². The van der Waals surface area contributed by atoms with Gasteiger partial charge in [-0.15, -0.1) is 0 Å². The highest BCUT2D eigenvalue weighted by Crippen LogP contribution is 2.25. The van der Waals surface area contributed by atoms with Crippen LogP contribution in [0.25, 0.3) is 0 Å². The fourth-order valence-corrected chi connectivity index (χ4v) is 2.45. The maximum atomic E-state index is 11.4. The van der Waals surface area contributed by atoms with Crippen molar-refractivity contribution in [3.8, 4) is 0 Å². The number of carbonyl (C=O) groups is 2. The Hall–Kier alpha value is -0.860. The van der Waals surface area contributed by atoms with Crippen LogP contribution in [0.1, 0.15) is 38.5 Å². The summed E-state index contributed by atoms with van der Waals surface area (Å²) in [5, 5.41) is 0. The van der Waals surface area contributed by atoms with E-state index in [2.05, 4.69) is 0 Å². The summed E-state index contributed by atoms with van der Waals surface area (Å²) >= 11 is 0. The van der Waals surface area contributed by atoms with Crippen LogP contribution in [0.2, 0.25) is 0 Å². The van der Waals surface area contributed by atoms with Crippen molar-refractivity contribution in [1.82, 2.24) is 4.90 Å². The van der Waals surface area contributed by atoms with Crippen LogP contribution < -0.4 is 0 Å². The molecule has 0 aromatic rings. The molecule has 0 spiro atoms. The molecule has 1 heterocycles. The smallest absolute Gasteiger partial charge is 0.222 e. The monoisotopic (exact) mass is 195 g/mol. The van der Waals surface area contributed by atoms with Gasteiger partial charge in [-0.2, -0.15) is 0 Å². The predicted octanol–water partition coefficient (Wildman–Crippen LogP) is 1.37. The number of hydrogen-bond acceptors (Lipinski definition) is 2. The van der Waals surface area contributed by atoms with Gasteiger partial charge in [0.15, 0.2) is 0 Å². The van der Waals surface area contributed by atoms with E-state index in [0.29, 0.717) is 12.2 Å². The second-order valence-electron chi connectivity index (χ2n) is 4.33. The van der Waals surface area contributed by atoms with Crippen molar-refractivity contribution in [2.45, 2.75) is 38.5 Å². The first-order valence-electron chi connectivity index (χ1n) is 5.58. The Morgan fingerprint density at radius 2 is 2.07 bits per heavy atom. The van der Waals surface area contributed by atoms with Crippen LogP contribution in [0, 0.1) is 5.92 Å². The molecule has 78 valence electrons. The van der Waals surface area contributed by atoms with Crippen LogP contribution in [-0.2, 0) is 9.59 Å². The number of Topliss-reactive ketones (excluding diaryl/α,β-unsaturated/α-hetero) is 1. The average molecular weight is 195 g/mol. The van der Waals surface area contributed by atoms with Gasteiger partial charge in [0.05, 0.1) is 0 Å². The third kappa shape index (κ3) is 1.97. The highest BCUT2D eigenvalue weighted by molar-refractivity contribution is 5.83. The lowest BCUT2D eigenvalue weighted by Crippen LogP contribution is -2.27. The van der Waals surface area contributed by atoms with Crippen molar-refractivity contribution in [2.24, 2.45) is 5.92 Å². The van der Waals surface area contributed by atoms with E-state index in [9.17, 15) is 9.59 Å². The molecule has 2 aliphatic rings. The van der Waals surface area contributed by atoms with Crippen molar-refractivity contribution in [2.75, 3.05) is 13.1 Å². The van der Waals surface area contributed by atoms with Crippen LogP contribution in [-0.4, -0.2) is 29.7 Å². The molecular formula is C11H17NO2. The molecule has 3 nitrogen and oxygen atoms in total. The van der Waals surface area contributed by atoms with E-state index in [1.807, 2.05) is 4.90 Å². The van der Waals surface area contributed by atoms with Gasteiger partial charge >= 0.3 is 0 Å². The molecule has 1 unspecified atom stereocenters. The van der Waals surface area contributed by atoms with E-state index in [1.165, 1.54) is 0 Å². The van der Waals surface area contributed by atoms with Gasteiger partial charge in [0.1, 0.15) is 5.78 Å². The Bertz CT molecular complexity index is 224. The van der Waals surface area contributed by atoms with E-state index >= 15 is 0 Å². The fourth-order valence-electron chi connectivity index (χ4n) is 2.45. The Kier molecular flexibility index (Phi) is 2.85. The highest BCUT2D eigenvalue weighted by Gasteiger charge is 2.26. The first-order valence-corrected chi connectivity index (χ1v) is 5.58. The largest absolute Gasteiger partial charge is 0.343 e. The van der Waals surface area contributed by atoms with Crippen molar-refractivity contribution < 1.29 is 9.59 Å². The van der Waals surface area contributed by atoms with E-state index in [4.69, 9.17) is 0 Å². The van der Waals surface area contributed by atoms with E-state index in [-0.39, 0.29) is 11.8 Å². The topological polar surface area (TPSA) is 37.4 Å². The molecule has 1 aliphatic heterocycles. The lowest BCUT2D eigenvalue weighted by atomic mass is 10.0. The molecule has 1 saturated heterocycles. The third-order valence-electron chi connectivity index (χ3n) is 3.35. The molecule has 1 amide bonds. The minimum Gasteiger partial charge on any atom is -0.343 e. The van der Waals surface area contributed by atoms with Gasteiger partial charge in [0.2, 0.25) is 5.91 Å².